The van der Waals surface area contributed by atoms with E-state index in [1.807, 2.05) is 18.2 Å². The van der Waals surface area contributed by atoms with E-state index in [1.165, 1.54) is 16.7 Å². The highest BCUT2D eigenvalue weighted by Crippen LogP contribution is 2.52. The fourth-order valence-corrected chi connectivity index (χ4v) is 4.55. The lowest BCUT2D eigenvalue weighted by Crippen LogP contribution is -2.42. The van der Waals surface area contributed by atoms with Gasteiger partial charge < -0.3 is 4.74 Å². The van der Waals surface area contributed by atoms with Crippen molar-refractivity contribution >= 4 is 0 Å². The molecule has 4 rings (SSSR count). The first-order valence-corrected chi connectivity index (χ1v) is 11.3. The molecule has 3 aromatic rings. The molecule has 32 heavy (non-hydrogen) atoms. The maximum Gasteiger partial charge on any atom is 0.0717 e. The van der Waals surface area contributed by atoms with Crippen molar-refractivity contribution in [3.05, 3.63) is 118 Å². The SMILES string of the molecule is [N-]=[N+]=NCC[C@@H]1C[C@@]1(COCc1ccccc1)N(Cc1ccccc1)Cc1ccccc1. The third-order valence-electron chi connectivity index (χ3n) is 6.37. The van der Waals surface area contributed by atoms with Gasteiger partial charge in [0.25, 0.3) is 0 Å². The topological polar surface area (TPSA) is 61.2 Å². The average molecular weight is 427 g/mol. The van der Waals surface area contributed by atoms with Gasteiger partial charge in [0.05, 0.1) is 13.2 Å². The van der Waals surface area contributed by atoms with E-state index >= 15 is 0 Å². The molecule has 164 valence electrons. The minimum atomic E-state index is -0.0502. The molecule has 1 saturated carbocycles. The predicted molar refractivity (Wildman–Crippen MR) is 128 cm³/mol. The number of ether oxygens (including phenoxy) is 1. The Morgan fingerprint density at radius 1 is 0.844 bits per heavy atom. The summed E-state index contributed by atoms with van der Waals surface area (Å²) in [5.74, 6) is 0.455. The number of nitrogens with zero attached hydrogens (tertiary/aromatic N) is 4. The van der Waals surface area contributed by atoms with Crippen LogP contribution in [0.2, 0.25) is 0 Å². The Morgan fingerprint density at radius 3 is 1.91 bits per heavy atom. The van der Waals surface area contributed by atoms with Gasteiger partial charge in [0, 0.05) is 30.1 Å². The van der Waals surface area contributed by atoms with Crippen molar-refractivity contribution in [1.82, 2.24) is 4.90 Å². The molecule has 5 nitrogen and oxygen atoms in total. The summed E-state index contributed by atoms with van der Waals surface area (Å²) in [6, 6.07) is 31.6. The average Bonchev–Trinajstić information content (AvgIpc) is 3.55. The van der Waals surface area contributed by atoms with Crippen LogP contribution in [0.1, 0.15) is 29.5 Å². The van der Waals surface area contributed by atoms with Crippen LogP contribution in [0.25, 0.3) is 10.4 Å². The van der Waals surface area contributed by atoms with Gasteiger partial charge in [0.15, 0.2) is 0 Å². The van der Waals surface area contributed by atoms with Gasteiger partial charge in [-0.25, -0.2) is 0 Å². The van der Waals surface area contributed by atoms with Crippen molar-refractivity contribution < 1.29 is 4.74 Å². The largest absolute Gasteiger partial charge is 0.375 e. The first kappa shape index (κ1) is 22.1. The number of hydrogen-bond acceptors (Lipinski definition) is 3. The second-order valence-electron chi connectivity index (χ2n) is 8.55. The lowest BCUT2D eigenvalue weighted by Gasteiger charge is -2.34. The van der Waals surface area contributed by atoms with Crippen molar-refractivity contribution in [3.63, 3.8) is 0 Å². The quantitative estimate of drug-likeness (QED) is 0.192. The second-order valence-corrected chi connectivity index (χ2v) is 8.55. The van der Waals surface area contributed by atoms with Gasteiger partial charge in [0.1, 0.15) is 0 Å². The van der Waals surface area contributed by atoms with Crippen LogP contribution in [0.4, 0.5) is 0 Å². The molecule has 0 aromatic heterocycles. The third kappa shape index (κ3) is 5.77. The molecule has 0 aliphatic heterocycles. The van der Waals surface area contributed by atoms with E-state index < -0.39 is 0 Å². The molecule has 5 heteroatoms. The van der Waals surface area contributed by atoms with Gasteiger partial charge in [-0.05, 0) is 41.0 Å². The molecule has 0 saturated heterocycles. The standard InChI is InChI=1S/C27H30N4O/c28-30-29-17-16-26-18-27(26,22-32-21-25-14-8-3-9-15-25)31(19-23-10-4-1-5-11-23)20-24-12-6-2-7-13-24/h1-15,26H,16-22H2/t26-,27+/m1/s1. The molecule has 0 spiro atoms. The Balaban J connectivity index is 1.54. The van der Waals surface area contributed by atoms with Gasteiger partial charge in [-0.2, -0.15) is 0 Å². The van der Waals surface area contributed by atoms with Crippen molar-refractivity contribution in [2.75, 3.05) is 13.2 Å². The van der Waals surface area contributed by atoms with E-state index in [2.05, 4.69) is 87.7 Å². The molecule has 0 radical (unpaired) electrons. The van der Waals surface area contributed by atoms with Gasteiger partial charge in [-0.15, -0.1) is 0 Å². The lowest BCUT2D eigenvalue weighted by molar-refractivity contribution is 0.0211. The van der Waals surface area contributed by atoms with Crippen LogP contribution in [0.5, 0.6) is 0 Å². The Morgan fingerprint density at radius 2 is 1.38 bits per heavy atom. The molecule has 0 bridgehead atoms. The number of hydrogen-bond donors (Lipinski definition) is 0. The summed E-state index contributed by atoms with van der Waals surface area (Å²) in [6.07, 6.45) is 1.95. The zero-order valence-corrected chi connectivity index (χ0v) is 18.4. The van der Waals surface area contributed by atoms with Crippen molar-refractivity contribution in [1.29, 1.82) is 0 Å². The lowest BCUT2D eigenvalue weighted by atomic mass is 10.1. The van der Waals surface area contributed by atoms with Crippen molar-refractivity contribution in [3.8, 4) is 0 Å². The molecule has 0 N–H and O–H groups in total. The van der Waals surface area contributed by atoms with Gasteiger partial charge in [-0.1, -0.05) is 96.1 Å². The molecule has 2 atom stereocenters. The molecule has 0 amide bonds. The molecule has 0 heterocycles. The van der Waals surface area contributed by atoms with E-state index in [0.717, 1.165) is 25.9 Å². The molecule has 3 aromatic carbocycles. The summed E-state index contributed by atoms with van der Waals surface area (Å²) >= 11 is 0. The number of azide groups is 1. The summed E-state index contributed by atoms with van der Waals surface area (Å²) in [7, 11) is 0. The minimum absolute atomic E-state index is 0.0502. The van der Waals surface area contributed by atoms with E-state index in [4.69, 9.17) is 10.3 Å². The summed E-state index contributed by atoms with van der Waals surface area (Å²) in [6.45, 7) is 3.54. The predicted octanol–water partition coefficient (Wildman–Crippen LogP) is 6.36. The zero-order chi connectivity index (χ0) is 22.1. The van der Waals surface area contributed by atoms with Crippen LogP contribution >= 0.6 is 0 Å². The normalized spacial score (nSPS) is 19.5. The maximum absolute atomic E-state index is 8.72. The maximum atomic E-state index is 8.72. The molecule has 0 unspecified atom stereocenters. The summed E-state index contributed by atoms with van der Waals surface area (Å²) < 4.78 is 6.29. The van der Waals surface area contributed by atoms with Crippen LogP contribution < -0.4 is 0 Å². The highest BCUT2D eigenvalue weighted by atomic mass is 16.5. The van der Waals surface area contributed by atoms with Crippen LogP contribution in [0, 0.1) is 5.92 Å². The van der Waals surface area contributed by atoms with E-state index in [0.29, 0.717) is 25.7 Å². The summed E-state index contributed by atoms with van der Waals surface area (Å²) in [5.41, 5.74) is 12.5. The van der Waals surface area contributed by atoms with Crippen molar-refractivity contribution in [2.45, 2.75) is 38.1 Å². The van der Waals surface area contributed by atoms with E-state index in [1.54, 1.807) is 0 Å². The molecule has 1 aliphatic carbocycles. The summed E-state index contributed by atoms with van der Waals surface area (Å²) in [4.78, 5) is 5.52. The molecular formula is C27H30N4O. The highest BCUT2D eigenvalue weighted by Gasteiger charge is 2.57. The Labute approximate surface area is 190 Å². The first-order chi connectivity index (χ1) is 15.8. The third-order valence-corrected chi connectivity index (χ3v) is 6.37. The first-order valence-electron chi connectivity index (χ1n) is 11.3. The highest BCUT2D eigenvalue weighted by molar-refractivity contribution is 5.22. The molecule has 1 fully saturated rings. The summed E-state index contributed by atoms with van der Waals surface area (Å²) in [5, 5.41) is 3.79. The Hall–Kier alpha value is -3.11. The van der Waals surface area contributed by atoms with Crippen LogP contribution in [-0.2, 0) is 24.4 Å². The van der Waals surface area contributed by atoms with Gasteiger partial charge in [0.2, 0.25) is 0 Å². The Kier molecular flexibility index (Phi) is 7.57. The monoisotopic (exact) mass is 426 g/mol. The van der Waals surface area contributed by atoms with E-state index in [-0.39, 0.29) is 5.54 Å². The van der Waals surface area contributed by atoms with Gasteiger partial charge >= 0.3 is 0 Å². The Bertz CT molecular complexity index is 964. The van der Waals surface area contributed by atoms with Crippen LogP contribution in [0.15, 0.2) is 96.1 Å². The number of benzene rings is 3. The van der Waals surface area contributed by atoms with Gasteiger partial charge in [-0.3, -0.25) is 4.90 Å². The van der Waals surface area contributed by atoms with E-state index in [9.17, 15) is 0 Å². The van der Waals surface area contributed by atoms with Crippen LogP contribution in [-0.4, -0.2) is 23.6 Å². The zero-order valence-electron chi connectivity index (χ0n) is 18.4. The minimum Gasteiger partial charge on any atom is -0.375 e. The number of rotatable bonds is 12. The van der Waals surface area contributed by atoms with Crippen molar-refractivity contribution in [2.24, 2.45) is 11.0 Å². The smallest absolute Gasteiger partial charge is 0.0717 e. The molecular weight excluding hydrogens is 396 g/mol. The fourth-order valence-electron chi connectivity index (χ4n) is 4.55. The second kappa shape index (κ2) is 11.0. The fraction of sp³-hybridized carbons (Fsp3) is 0.333. The van der Waals surface area contributed by atoms with Crippen LogP contribution in [0.3, 0.4) is 0 Å². The molecule has 1 aliphatic rings.